The molecule has 0 unspecified atom stereocenters. The maximum absolute atomic E-state index is 13.7. The van der Waals surface area contributed by atoms with Crippen LogP contribution < -0.4 is 0 Å². The second-order valence-corrected chi connectivity index (χ2v) is 10.8. The van der Waals surface area contributed by atoms with Gasteiger partial charge in [-0.05, 0) is 43.4 Å². The molecule has 1 amide bonds. The van der Waals surface area contributed by atoms with Gasteiger partial charge in [-0.25, -0.2) is 8.42 Å². The van der Waals surface area contributed by atoms with E-state index >= 15 is 0 Å². The van der Waals surface area contributed by atoms with E-state index in [-0.39, 0.29) is 29.3 Å². The molecule has 6 nitrogen and oxygen atoms in total. The molecule has 0 radical (unpaired) electrons. The average molecular weight is 456 g/mol. The Balaban J connectivity index is 1.93. The van der Waals surface area contributed by atoms with Crippen molar-refractivity contribution in [3.63, 3.8) is 0 Å². The molecule has 172 valence electrons. The molecule has 32 heavy (non-hydrogen) atoms. The van der Waals surface area contributed by atoms with Gasteiger partial charge in [0, 0.05) is 36.9 Å². The molecule has 1 heterocycles. The van der Waals surface area contributed by atoms with Gasteiger partial charge in [-0.3, -0.25) is 4.79 Å². The zero-order valence-electron chi connectivity index (χ0n) is 19.5. The van der Waals surface area contributed by atoms with Crippen LogP contribution in [0.1, 0.15) is 33.4 Å². The Hall–Kier alpha value is -2.64. The SMILES string of the molecule is CC(C)CN(Cc1cccn1C)C(=O)CN(C(C)C)S(=O)(=O)c1cccc2ccccc12. The lowest BCUT2D eigenvalue weighted by molar-refractivity contribution is -0.132. The maximum Gasteiger partial charge on any atom is 0.244 e. The normalized spacial score (nSPS) is 12.2. The summed E-state index contributed by atoms with van der Waals surface area (Å²) in [5.74, 6) is 0.0683. The van der Waals surface area contributed by atoms with Crippen molar-refractivity contribution in [1.29, 1.82) is 0 Å². The number of benzene rings is 2. The number of nitrogens with zero attached hydrogens (tertiary/aromatic N) is 3. The van der Waals surface area contributed by atoms with Crippen molar-refractivity contribution < 1.29 is 13.2 Å². The highest BCUT2D eigenvalue weighted by Crippen LogP contribution is 2.27. The molecule has 7 heteroatoms. The summed E-state index contributed by atoms with van der Waals surface area (Å²) in [7, 11) is -1.93. The van der Waals surface area contributed by atoms with Crippen molar-refractivity contribution in [3.8, 4) is 0 Å². The van der Waals surface area contributed by atoms with E-state index in [1.54, 1.807) is 30.9 Å². The first-order chi connectivity index (χ1) is 15.1. The summed E-state index contributed by atoms with van der Waals surface area (Å²) in [6.45, 7) is 8.53. The number of carbonyl (C=O) groups is 1. The summed E-state index contributed by atoms with van der Waals surface area (Å²) in [5, 5.41) is 1.52. The van der Waals surface area contributed by atoms with Gasteiger partial charge in [0.2, 0.25) is 15.9 Å². The number of aromatic nitrogens is 1. The molecule has 0 aliphatic heterocycles. The lowest BCUT2D eigenvalue weighted by atomic mass is 10.1. The van der Waals surface area contributed by atoms with Crippen LogP contribution in [0.25, 0.3) is 10.8 Å². The summed E-state index contributed by atoms with van der Waals surface area (Å²) in [4.78, 5) is 15.4. The zero-order valence-corrected chi connectivity index (χ0v) is 20.3. The quantitative estimate of drug-likeness (QED) is 0.484. The monoisotopic (exact) mass is 455 g/mol. The predicted molar refractivity (Wildman–Crippen MR) is 129 cm³/mol. The molecule has 1 aromatic heterocycles. The van der Waals surface area contributed by atoms with Crippen LogP contribution in [0.5, 0.6) is 0 Å². The van der Waals surface area contributed by atoms with Crippen molar-refractivity contribution in [2.45, 2.75) is 45.2 Å². The molecule has 0 aliphatic rings. The molecular formula is C25H33N3O3S. The number of aryl methyl sites for hydroxylation is 1. The van der Waals surface area contributed by atoms with E-state index in [2.05, 4.69) is 13.8 Å². The number of hydrogen-bond donors (Lipinski definition) is 0. The van der Waals surface area contributed by atoms with Crippen LogP contribution >= 0.6 is 0 Å². The molecule has 0 aliphatic carbocycles. The third-order valence-electron chi connectivity index (χ3n) is 5.55. The number of carbonyl (C=O) groups excluding carboxylic acids is 1. The zero-order chi connectivity index (χ0) is 23.5. The second-order valence-electron chi connectivity index (χ2n) is 8.90. The van der Waals surface area contributed by atoms with Crippen LogP contribution in [0, 0.1) is 5.92 Å². The van der Waals surface area contributed by atoms with Crippen LogP contribution in [-0.2, 0) is 28.4 Å². The van der Waals surface area contributed by atoms with Gasteiger partial charge in [-0.2, -0.15) is 4.31 Å². The topological polar surface area (TPSA) is 62.6 Å². The first-order valence-electron chi connectivity index (χ1n) is 11.0. The van der Waals surface area contributed by atoms with Gasteiger partial charge in [-0.15, -0.1) is 0 Å². The Morgan fingerprint density at radius 1 is 0.969 bits per heavy atom. The van der Waals surface area contributed by atoms with Crippen molar-refractivity contribution in [2.24, 2.45) is 13.0 Å². The first kappa shape index (κ1) is 24.0. The maximum atomic E-state index is 13.7. The fourth-order valence-corrected chi connectivity index (χ4v) is 5.68. The van der Waals surface area contributed by atoms with Crippen LogP contribution in [-0.4, -0.2) is 47.2 Å². The van der Waals surface area contributed by atoms with Crippen molar-refractivity contribution in [1.82, 2.24) is 13.8 Å². The Bertz CT molecular complexity index is 1180. The third-order valence-corrected chi connectivity index (χ3v) is 7.63. The van der Waals surface area contributed by atoms with E-state index < -0.39 is 10.0 Å². The average Bonchev–Trinajstić information content (AvgIpc) is 3.14. The highest BCUT2D eigenvalue weighted by Gasteiger charge is 2.32. The van der Waals surface area contributed by atoms with E-state index in [4.69, 9.17) is 0 Å². The number of sulfonamides is 1. The van der Waals surface area contributed by atoms with E-state index in [0.717, 1.165) is 11.1 Å². The lowest BCUT2D eigenvalue weighted by Crippen LogP contribution is -2.46. The molecular weight excluding hydrogens is 422 g/mol. The van der Waals surface area contributed by atoms with Gasteiger partial charge in [-0.1, -0.05) is 50.2 Å². The van der Waals surface area contributed by atoms with Gasteiger partial charge in [0.25, 0.3) is 0 Å². The minimum Gasteiger partial charge on any atom is -0.353 e. The Morgan fingerprint density at radius 2 is 1.66 bits per heavy atom. The number of rotatable bonds is 9. The molecule has 3 aromatic rings. The fourth-order valence-electron chi connectivity index (χ4n) is 3.88. The summed E-state index contributed by atoms with van der Waals surface area (Å²) >= 11 is 0. The summed E-state index contributed by atoms with van der Waals surface area (Å²) < 4.78 is 30.7. The fraction of sp³-hybridized carbons (Fsp3) is 0.400. The molecule has 0 bridgehead atoms. The second kappa shape index (κ2) is 9.88. The van der Waals surface area contributed by atoms with Crippen molar-refractivity contribution in [2.75, 3.05) is 13.1 Å². The minimum absolute atomic E-state index is 0.194. The summed E-state index contributed by atoms with van der Waals surface area (Å²) in [6, 6.07) is 16.2. The molecule has 0 fully saturated rings. The van der Waals surface area contributed by atoms with Gasteiger partial charge in [0.1, 0.15) is 0 Å². The van der Waals surface area contributed by atoms with Crippen LogP contribution in [0.3, 0.4) is 0 Å². The molecule has 0 spiro atoms. The Labute approximate surface area is 191 Å². The number of amides is 1. The minimum atomic E-state index is -3.87. The van der Waals surface area contributed by atoms with E-state index in [1.165, 1.54) is 4.31 Å². The van der Waals surface area contributed by atoms with Gasteiger partial charge in [0.15, 0.2) is 0 Å². The smallest absolute Gasteiger partial charge is 0.244 e. The van der Waals surface area contributed by atoms with Crippen molar-refractivity contribution >= 4 is 26.7 Å². The first-order valence-corrected chi connectivity index (χ1v) is 12.4. The van der Waals surface area contributed by atoms with E-state index in [1.807, 2.05) is 60.3 Å². The highest BCUT2D eigenvalue weighted by molar-refractivity contribution is 7.89. The van der Waals surface area contributed by atoms with E-state index in [9.17, 15) is 13.2 Å². The summed E-state index contributed by atoms with van der Waals surface area (Å²) in [5.41, 5.74) is 1.01. The summed E-state index contributed by atoms with van der Waals surface area (Å²) in [6.07, 6.45) is 1.94. The van der Waals surface area contributed by atoms with Crippen LogP contribution in [0.2, 0.25) is 0 Å². The van der Waals surface area contributed by atoms with Crippen LogP contribution in [0.15, 0.2) is 65.7 Å². The Kier molecular flexibility index (Phi) is 7.41. The molecule has 0 saturated heterocycles. The number of hydrogen-bond acceptors (Lipinski definition) is 3. The standard InChI is InChI=1S/C25H33N3O3S/c1-19(2)16-27(17-22-12-9-15-26(22)5)25(29)18-28(20(3)4)32(30,31)24-14-8-11-21-10-6-7-13-23(21)24/h6-15,19-20H,16-18H2,1-5H3. The van der Waals surface area contributed by atoms with Gasteiger partial charge >= 0.3 is 0 Å². The Morgan fingerprint density at radius 3 is 2.28 bits per heavy atom. The van der Waals surface area contributed by atoms with Crippen molar-refractivity contribution in [3.05, 3.63) is 66.5 Å². The predicted octanol–water partition coefficient (Wildman–Crippen LogP) is 4.26. The lowest BCUT2D eigenvalue weighted by Gasteiger charge is -2.30. The molecule has 3 rings (SSSR count). The van der Waals surface area contributed by atoms with Gasteiger partial charge < -0.3 is 9.47 Å². The molecule has 0 saturated carbocycles. The van der Waals surface area contributed by atoms with E-state index in [0.29, 0.717) is 18.5 Å². The third kappa shape index (κ3) is 5.22. The number of fused-ring (bicyclic) bond motifs is 1. The molecule has 0 atom stereocenters. The largest absolute Gasteiger partial charge is 0.353 e. The highest BCUT2D eigenvalue weighted by atomic mass is 32.2. The molecule has 2 aromatic carbocycles. The van der Waals surface area contributed by atoms with Gasteiger partial charge in [0.05, 0.1) is 18.0 Å². The molecule has 0 N–H and O–H groups in total. The van der Waals surface area contributed by atoms with Crippen LogP contribution in [0.4, 0.5) is 0 Å².